The van der Waals surface area contributed by atoms with Crippen LogP contribution in [0.2, 0.25) is 0 Å². The van der Waals surface area contributed by atoms with Crippen LogP contribution >= 0.6 is 0 Å². The van der Waals surface area contributed by atoms with Crippen LogP contribution in [0.25, 0.3) is 0 Å². The Kier molecular flexibility index (Phi) is 4.98. The summed E-state index contributed by atoms with van der Waals surface area (Å²) in [5.74, 6) is 1.02. The predicted octanol–water partition coefficient (Wildman–Crippen LogP) is -0.203. The van der Waals surface area contributed by atoms with Crippen LogP contribution in [-0.2, 0) is 9.59 Å². The van der Waals surface area contributed by atoms with Gasteiger partial charge in [-0.3, -0.25) is 19.4 Å². The molecule has 2 aliphatic carbocycles. The first-order valence-electron chi connectivity index (χ1n) is 8.65. The Morgan fingerprint density at radius 2 is 1.77 bits per heavy atom. The van der Waals surface area contributed by atoms with Crippen molar-refractivity contribution in [3.63, 3.8) is 0 Å². The number of rotatable bonds is 7. The number of amides is 2. The van der Waals surface area contributed by atoms with Crippen LogP contribution in [0.4, 0.5) is 0 Å². The van der Waals surface area contributed by atoms with Crippen LogP contribution in [0, 0.1) is 5.92 Å². The second-order valence-electron chi connectivity index (χ2n) is 7.02. The van der Waals surface area contributed by atoms with Gasteiger partial charge in [0.25, 0.3) is 0 Å². The molecule has 0 aromatic carbocycles. The molecule has 124 valence electrons. The lowest BCUT2D eigenvalue weighted by atomic mass is 10.2. The molecule has 1 aliphatic heterocycles. The van der Waals surface area contributed by atoms with E-state index >= 15 is 0 Å². The molecular weight excluding hydrogens is 280 g/mol. The largest absolute Gasteiger partial charge is 0.355 e. The van der Waals surface area contributed by atoms with Gasteiger partial charge in [0, 0.05) is 38.8 Å². The number of carbonyl (C=O) groups excluding carboxylic acids is 2. The smallest absolute Gasteiger partial charge is 0.237 e. The van der Waals surface area contributed by atoms with Gasteiger partial charge in [0.15, 0.2) is 0 Å². The van der Waals surface area contributed by atoms with Crippen molar-refractivity contribution in [1.82, 2.24) is 20.4 Å². The summed E-state index contributed by atoms with van der Waals surface area (Å²) >= 11 is 0. The second-order valence-corrected chi connectivity index (χ2v) is 7.02. The summed E-state index contributed by atoms with van der Waals surface area (Å²) in [6, 6.07) is 0.359. The fourth-order valence-electron chi connectivity index (χ4n) is 2.86. The molecule has 2 amide bonds. The van der Waals surface area contributed by atoms with Gasteiger partial charge in [-0.15, -0.1) is 0 Å². The lowest BCUT2D eigenvalue weighted by Crippen LogP contribution is -2.55. The summed E-state index contributed by atoms with van der Waals surface area (Å²) < 4.78 is 0. The molecule has 0 spiro atoms. The molecule has 3 aliphatic rings. The van der Waals surface area contributed by atoms with E-state index in [4.69, 9.17) is 0 Å². The summed E-state index contributed by atoms with van der Waals surface area (Å²) in [7, 11) is 0. The van der Waals surface area contributed by atoms with E-state index in [9.17, 15) is 9.59 Å². The van der Waals surface area contributed by atoms with Crippen molar-refractivity contribution < 1.29 is 9.59 Å². The van der Waals surface area contributed by atoms with Gasteiger partial charge in [-0.25, -0.2) is 0 Å². The Balaban J connectivity index is 1.33. The molecule has 1 saturated heterocycles. The van der Waals surface area contributed by atoms with Gasteiger partial charge in [-0.2, -0.15) is 0 Å². The standard InChI is InChI=1S/C16H28N4O2/c1-12(16(22)18-14-4-5-14)20-8-6-19(7-9-20)11-15(21)17-10-13-2-3-13/h12-14H,2-11H2,1H3,(H,17,21)(H,18,22). The van der Waals surface area contributed by atoms with E-state index in [2.05, 4.69) is 20.4 Å². The topological polar surface area (TPSA) is 64.7 Å². The van der Waals surface area contributed by atoms with Crippen molar-refractivity contribution in [3.8, 4) is 0 Å². The zero-order valence-corrected chi connectivity index (χ0v) is 13.5. The fraction of sp³-hybridized carbons (Fsp3) is 0.875. The minimum Gasteiger partial charge on any atom is -0.355 e. The maximum Gasteiger partial charge on any atom is 0.237 e. The lowest BCUT2D eigenvalue weighted by molar-refractivity contribution is -0.128. The molecular formula is C16H28N4O2. The van der Waals surface area contributed by atoms with Crippen LogP contribution in [0.1, 0.15) is 32.6 Å². The maximum atomic E-state index is 12.1. The van der Waals surface area contributed by atoms with Gasteiger partial charge in [0.2, 0.25) is 11.8 Å². The van der Waals surface area contributed by atoms with Gasteiger partial charge in [0.1, 0.15) is 0 Å². The molecule has 3 rings (SSSR count). The molecule has 0 aromatic heterocycles. The molecule has 3 fully saturated rings. The number of carbonyl (C=O) groups is 2. The Hall–Kier alpha value is -1.14. The quantitative estimate of drug-likeness (QED) is 0.683. The van der Waals surface area contributed by atoms with Crippen molar-refractivity contribution in [2.45, 2.75) is 44.7 Å². The van der Waals surface area contributed by atoms with Crippen molar-refractivity contribution in [3.05, 3.63) is 0 Å². The van der Waals surface area contributed by atoms with Crippen molar-refractivity contribution in [1.29, 1.82) is 0 Å². The Labute approximate surface area is 132 Å². The van der Waals surface area contributed by atoms with E-state index in [1.165, 1.54) is 12.8 Å². The van der Waals surface area contributed by atoms with Crippen molar-refractivity contribution in [2.75, 3.05) is 39.3 Å². The van der Waals surface area contributed by atoms with Crippen LogP contribution in [0.15, 0.2) is 0 Å². The number of hydrogen-bond donors (Lipinski definition) is 2. The van der Waals surface area contributed by atoms with Crippen molar-refractivity contribution >= 4 is 11.8 Å². The van der Waals surface area contributed by atoms with E-state index in [1.807, 2.05) is 6.92 Å². The van der Waals surface area contributed by atoms with Gasteiger partial charge in [0.05, 0.1) is 12.6 Å². The van der Waals surface area contributed by atoms with E-state index in [0.29, 0.717) is 12.6 Å². The minimum absolute atomic E-state index is 0.0635. The molecule has 2 saturated carbocycles. The van der Waals surface area contributed by atoms with E-state index in [1.54, 1.807) is 0 Å². The monoisotopic (exact) mass is 308 g/mol. The molecule has 6 heteroatoms. The first-order chi connectivity index (χ1) is 10.6. The highest BCUT2D eigenvalue weighted by Gasteiger charge is 2.30. The van der Waals surface area contributed by atoms with Crippen molar-refractivity contribution in [2.24, 2.45) is 5.92 Å². The van der Waals surface area contributed by atoms with Crippen LogP contribution < -0.4 is 10.6 Å². The number of piperazine rings is 1. The Bertz CT molecular complexity index is 412. The highest BCUT2D eigenvalue weighted by molar-refractivity contribution is 5.82. The molecule has 22 heavy (non-hydrogen) atoms. The Morgan fingerprint density at radius 1 is 1.09 bits per heavy atom. The van der Waals surface area contributed by atoms with Gasteiger partial charge in [-0.05, 0) is 38.5 Å². The van der Waals surface area contributed by atoms with Gasteiger partial charge < -0.3 is 10.6 Å². The van der Waals surface area contributed by atoms with Crippen LogP contribution in [0.5, 0.6) is 0 Å². The van der Waals surface area contributed by atoms with Gasteiger partial charge >= 0.3 is 0 Å². The predicted molar refractivity (Wildman–Crippen MR) is 84.4 cm³/mol. The average molecular weight is 308 g/mol. The minimum atomic E-state index is -0.0635. The van der Waals surface area contributed by atoms with Gasteiger partial charge in [-0.1, -0.05) is 0 Å². The zero-order valence-electron chi connectivity index (χ0n) is 13.5. The molecule has 0 aromatic rings. The highest BCUT2D eigenvalue weighted by atomic mass is 16.2. The zero-order chi connectivity index (χ0) is 15.5. The summed E-state index contributed by atoms with van der Waals surface area (Å²) in [4.78, 5) is 28.3. The summed E-state index contributed by atoms with van der Waals surface area (Å²) in [5, 5.41) is 6.08. The third-order valence-electron chi connectivity index (χ3n) is 4.91. The average Bonchev–Trinajstić information content (AvgIpc) is 3.40. The number of nitrogens with one attached hydrogen (secondary N) is 2. The second kappa shape index (κ2) is 6.96. The molecule has 6 nitrogen and oxygen atoms in total. The molecule has 2 N–H and O–H groups in total. The summed E-state index contributed by atoms with van der Waals surface area (Å²) in [6.45, 7) is 6.75. The normalized spacial score (nSPS) is 24.8. The summed E-state index contributed by atoms with van der Waals surface area (Å²) in [6.07, 6.45) is 4.78. The first-order valence-corrected chi connectivity index (χ1v) is 8.65. The summed E-state index contributed by atoms with van der Waals surface area (Å²) in [5.41, 5.74) is 0. The van der Waals surface area contributed by atoms with E-state index in [-0.39, 0.29) is 17.9 Å². The molecule has 1 unspecified atom stereocenters. The molecule has 0 bridgehead atoms. The fourth-order valence-corrected chi connectivity index (χ4v) is 2.86. The Morgan fingerprint density at radius 3 is 2.36 bits per heavy atom. The van der Waals surface area contributed by atoms with Crippen LogP contribution in [0.3, 0.4) is 0 Å². The third kappa shape index (κ3) is 4.68. The lowest BCUT2D eigenvalue weighted by Gasteiger charge is -2.37. The molecule has 1 atom stereocenters. The number of nitrogens with zero attached hydrogens (tertiary/aromatic N) is 2. The third-order valence-corrected chi connectivity index (χ3v) is 4.91. The van der Waals surface area contributed by atoms with Crippen LogP contribution in [-0.4, -0.2) is 73.0 Å². The van der Waals surface area contributed by atoms with E-state index < -0.39 is 0 Å². The molecule has 1 heterocycles. The SMILES string of the molecule is CC(C(=O)NC1CC1)N1CCN(CC(=O)NCC2CC2)CC1. The highest BCUT2D eigenvalue weighted by Crippen LogP contribution is 2.27. The number of hydrogen-bond acceptors (Lipinski definition) is 4. The first kappa shape index (κ1) is 15.7. The van der Waals surface area contributed by atoms with E-state index in [0.717, 1.165) is 51.5 Å². The molecule has 0 radical (unpaired) electrons. The maximum absolute atomic E-state index is 12.1.